The highest BCUT2D eigenvalue weighted by Gasteiger charge is 2.15. The highest BCUT2D eigenvalue weighted by atomic mass is 16.3. The Morgan fingerprint density at radius 2 is 1.27 bits per heavy atom. The van der Waals surface area contributed by atoms with Crippen LogP contribution in [0.4, 0.5) is 0 Å². The van der Waals surface area contributed by atoms with E-state index >= 15 is 0 Å². The van der Waals surface area contributed by atoms with Gasteiger partial charge in [-0.05, 0) is 34.9 Å². The van der Waals surface area contributed by atoms with Gasteiger partial charge >= 0.3 is 0 Å². The Hall–Kier alpha value is -0.160. The van der Waals surface area contributed by atoms with Crippen LogP contribution in [0.3, 0.4) is 0 Å². The van der Waals surface area contributed by atoms with Gasteiger partial charge in [0.1, 0.15) is 0 Å². The van der Waals surface area contributed by atoms with Gasteiger partial charge in [0.15, 0.2) is 0 Å². The molecule has 0 aromatic carbocycles. The molecule has 2 N–H and O–H groups in total. The van der Waals surface area contributed by atoms with Crippen LogP contribution >= 0.6 is 0 Å². The average molecular weight is 218 g/mol. The zero-order chi connectivity index (χ0) is 12.0. The van der Waals surface area contributed by atoms with E-state index in [2.05, 4.69) is 16.7 Å². The molecule has 0 aliphatic heterocycles. The average Bonchev–Trinajstić information content (AvgIpc) is 2.00. The van der Waals surface area contributed by atoms with Gasteiger partial charge in [-0.15, -0.1) is 0 Å². The topological polar surface area (TPSA) is 46.9 Å². The summed E-state index contributed by atoms with van der Waals surface area (Å²) in [6.07, 6.45) is -0.698. The summed E-state index contributed by atoms with van der Waals surface area (Å²) >= 11 is 0. The minimum absolute atomic E-state index is 0.349. The summed E-state index contributed by atoms with van der Waals surface area (Å²) in [4.78, 5) is 4.23. The van der Waals surface area contributed by atoms with Crippen LogP contribution in [0, 0.1) is 0 Å². The highest BCUT2D eigenvalue weighted by Crippen LogP contribution is 2.01. The van der Waals surface area contributed by atoms with E-state index < -0.39 is 0 Å². The Labute approximate surface area is 93.5 Å². The molecule has 0 aromatic heterocycles. The van der Waals surface area contributed by atoms with E-state index in [1.165, 1.54) is 0 Å². The second kappa shape index (κ2) is 7.17. The number of aliphatic hydroxyl groups is 2. The Morgan fingerprint density at radius 1 is 0.867 bits per heavy atom. The molecule has 0 aliphatic rings. The van der Waals surface area contributed by atoms with E-state index in [-0.39, 0.29) is 12.2 Å². The van der Waals surface area contributed by atoms with Gasteiger partial charge in [0, 0.05) is 25.7 Å². The molecule has 92 valence electrons. The molecule has 0 aliphatic carbocycles. The van der Waals surface area contributed by atoms with Crippen LogP contribution in [0.1, 0.15) is 20.8 Å². The van der Waals surface area contributed by atoms with Crippen molar-refractivity contribution in [2.45, 2.75) is 39.0 Å². The lowest BCUT2D eigenvalue weighted by atomic mass is 10.2. The van der Waals surface area contributed by atoms with E-state index in [0.29, 0.717) is 19.1 Å². The lowest BCUT2D eigenvalue weighted by molar-refractivity contribution is 0.0698. The lowest BCUT2D eigenvalue weighted by Gasteiger charge is -2.30. The standard InChI is InChI=1S/C11H26N2O2/c1-9(12(4)5)6-13(7-10(2)14)8-11(3)15/h9-11,14-15H,6-8H2,1-5H3. The molecular weight excluding hydrogens is 192 g/mol. The third kappa shape index (κ3) is 7.73. The molecule has 3 atom stereocenters. The SMILES string of the molecule is CC(O)CN(CC(C)O)CC(C)N(C)C. The quantitative estimate of drug-likeness (QED) is 0.631. The minimum Gasteiger partial charge on any atom is -0.392 e. The number of hydrogen-bond acceptors (Lipinski definition) is 4. The van der Waals surface area contributed by atoms with Crippen molar-refractivity contribution >= 4 is 0 Å². The fourth-order valence-corrected chi connectivity index (χ4v) is 1.51. The van der Waals surface area contributed by atoms with Gasteiger partial charge in [-0.25, -0.2) is 0 Å². The van der Waals surface area contributed by atoms with E-state index in [0.717, 1.165) is 6.54 Å². The summed E-state index contributed by atoms with van der Waals surface area (Å²) in [7, 11) is 4.07. The largest absolute Gasteiger partial charge is 0.392 e. The van der Waals surface area contributed by atoms with Crippen molar-refractivity contribution < 1.29 is 10.2 Å². The molecule has 0 rings (SSSR count). The lowest BCUT2D eigenvalue weighted by Crippen LogP contribution is -2.44. The monoisotopic (exact) mass is 218 g/mol. The molecule has 0 radical (unpaired) electrons. The second-order valence-corrected chi connectivity index (χ2v) is 4.73. The molecule has 0 aromatic rings. The third-order valence-corrected chi connectivity index (χ3v) is 2.45. The molecule has 0 heterocycles. The fourth-order valence-electron chi connectivity index (χ4n) is 1.51. The van der Waals surface area contributed by atoms with Crippen molar-refractivity contribution in [3.8, 4) is 0 Å². The van der Waals surface area contributed by atoms with Gasteiger partial charge in [0.05, 0.1) is 12.2 Å². The zero-order valence-corrected chi connectivity index (χ0v) is 10.6. The number of nitrogens with zero attached hydrogens (tertiary/aromatic N) is 2. The maximum atomic E-state index is 9.35. The molecular formula is C11H26N2O2. The molecule has 0 fully saturated rings. The van der Waals surface area contributed by atoms with Crippen LogP contribution in [0.2, 0.25) is 0 Å². The van der Waals surface area contributed by atoms with Crippen molar-refractivity contribution in [1.82, 2.24) is 9.80 Å². The van der Waals surface area contributed by atoms with Gasteiger partial charge in [-0.3, -0.25) is 4.90 Å². The van der Waals surface area contributed by atoms with Gasteiger partial charge < -0.3 is 15.1 Å². The summed E-state index contributed by atoms with van der Waals surface area (Å²) in [6, 6.07) is 0.419. The maximum Gasteiger partial charge on any atom is 0.0639 e. The number of rotatable bonds is 7. The fraction of sp³-hybridized carbons (Fsp3) is 1.00. The first-order valence-electron chi connectivity index (χ1n) is 5.57. The Kier molecular flexibility index (Phi) is 7.09. The molecule has 3 unspecified atom stereocenters. The summed E-state index contributed by atoms with van der Waals surface area (Å²) in [6.45, 7) is 7.77. The minimum atomic E-state index is -0.349. The van der Waals surface area contributed by atoms with Crippen LogP contribution in [0.25, 0.3) is 0 Å². The smallest absolute Gasteiger partial charge is 0.0639 e. The first-order chi connectivity index (χ1) is 6.82. The summed E-state index contributed by atoms with van der Waals surface area (Å²) in [5.41, 5.74) is 0. The molecule has 0 saturated heterocycles. The summed E-state index contributed by atoms with van der Waals surface area (Å²) in [5.74, 6) is 0. The predicted molar refractivity (Wildman–Crippen MR) is 63.0 cm³/mol. The van der Waals surface area contributed by atoms with E-state index in [4.69, 9.17) is 0 Å². The van der Waals surface area contributed by atoms with Gasteiger partial charge in [0.2, 0.25) is 0 Å². The Bertz CT molecular complexity index is 151. The predicted octanol–water partition coefficient (Wildman–Crippen LogP) is 0.000100. The van der Waals surface area contributed by atoms with E-state index in [1.54, 1.807) is 13.8 Å². The van der Waals surface area contributed by atoms with Crippen molar-refractivity contribution in [3.63, 3.8) is 0 Å². The number of likely N-dealkylation sites (N-methyl/N-ethyl adjacent to an activating group) is 1. The van der Waals surface area contributed by atoms with Crippen molar-refractivity contribution in [2.75, 3.05) is 33.7 Å². The third-order valence-electron chi connectivity index (χ3n) is 2.45. The first-order valence-corrected chi connectivity index (χ1v) is 5.57. The molecule has 15 heavy (non-hydrogen) atoms. The second-order valence-electron chi connectivity index (χ2n) is 4.73. The van der Waals surface area contributed by atoms with Gasteiger partial charge in [-0.1, -0.05) is 0 Å². The van der Waals surface area contributed by atoms with E-state index in [1.807, 2.05) is 14.1 Å². The summed E-state index contributed by atoms with van der Waals surface area (Å²) in [5, 5.41) is 18.7. The molecule has 4 nitrogen and oxygen atoms in total. The zero-order valence-electron chi connectivity index (χ0n) is 10.6. The Morgan fingerprint density at radius 3 is 1.53 bits per heavy atom. The van der Waals surface area contributed by atoms with Crippen LogP contribution in [-0.2, 0) is 0 Å². The number of aliphatic hydroxyl groups excluding tert-OH is 2. The van der Waals surface area contributed by atoms with Crippen molar-refractivity contribution in [2.24, 2.45) is 0 Å². The van der Waals surface area contributed by atoms with Crippen molar-refractivity contribution in [3.05, 3.63) is 0 Å². The van der Waals surface area contributed by atoms with Crippen LogP contribution in [0.5, 0.6) is 0 Å². The van der Waals surface area contributed by atoms with Gasteiger partial charge in [0.25, 0.3) is 0 Å². The van der Waals surface area contributed by atoms with E-state index in [9.17, 15) is 10.2 Å². The maximum absolute atomic E-state index is 9.35. The molecule has 4 heteroatoms. The first kappa shape index (κ1) is 14.8. The van der Waals surface area contributed by atoms with Crippen LogP contribution in [0.15, 0.2) is 0 Å². The molecule has 0 saturated carbocycles. The molecule has 0 amide bonds. The van der Waals surface area contributed by atoms with Gasteiger partial charge in [-0.2, -0.15) is 0 Å². The highest BCUT2D eigenvalue weighted by molar-refractivity contribution is 4.70. The summed E-state index contributed by atoms with van der Waals surface area (Å²) < 4.78 is 0. The van der Waals surface area contributed by atoms with Crippen LogP contribution in [-0.4, -0.2) is 72.0 Å². The van der Waals surface area contributed by atoms with Crippen molar-refractivity contribution in [1.29, 1.82) is 0 Å². The molecule has 0 bridgehead atoms. The number of hydrogen-bond donors (Lipinski definition) is 2. The molecule has 0 spiro atoms. The van der Waals surface area contributed by atoms with Crippen LogP contribution < -0.4 is 0 Å². The Balaban J connectivity index is 4.11. The normalized spacial score (nSPS) is 18.2.